The van der Waals surface area contributed by atoms with Gasteiger partial charge in [0.1, 0.15) is 0 Å². The van der Waals surface area contributed by atoms with Crippen molar-refractivity contribution in [2.75, 3.05) is 9.80 Å². The second kappa shape index (κ2) is 10.9. The number of rotatable bonds is 6. The summed E-state index contributed by atoms with van der Waals surface area (Å²) in [5, 5.41) is 5.13. The third kappa shape index (κ3) is 4.34. The van der Waals surface area contributed by atoms with Crippen molar-refractivity contribution in [2.45, 2.75) is 12.5 Å². The van der Waals surface area contributed by atoms with E-state index in [1.54, 1.807) is 0 Å². The highest BCUT2D eigenvalue weighted by Gasteiger charge is 2.31. The number of hydrogen-bond acceptors (Lipinski definition) is 2. The van der Waals surface area contributed by atoms with Crippen LogP contribution < -0.4 is 9.80 Å². The average Bonchev–Trinajstić information content (AvgIpc) is 3.13. The number of allylic oxidation sites excluding steroid dienone is 1. The molecular weight excluding hydrogens is 556 g/mol. The molecule has 46 heavy (non-hydrogen) atoms. The van der Waals surface area contributed by atoms with Crippen LogP contribution in [0.4, 0.5) is 28.4 Å². The Morgan fingerprint density at radius 1 is 0.522 bits per heavy atom. The van der Waals surface area contributed by atoms with Crippen LogP contribution in [-0.4, -0.2) is 6.04 Å². The molecular formula is C44H32N2. The monoisotopic (exact) mass is 588 g/mol. The molecule has 218 valence electrons. The van der Waals surface area contributed by atoms with Gasteiger partial charge >= 0.3 is 0 Å². The number of anilines is 5. The van der Waals surface area contributed by atoms with Gasteiger partial charge in [-0.2, -0.15) is 0 Å². The lowest BCUT2D eigenvalue weighted by atomic mass is 9.78. The molecule has 1 atom stereocenters. The molecule has 0 N–H and O–H groups in total. The van der Waals surface area contributed by atoms with Crippen molar-refractivity contribution in [3.8, 4) is 0 Å². The Balaban J connectivity index is 1.24. The molecule has 7 aromatic carbocycles. The fourth-order valence-corrected chi connectivity index (χ4v) is 7.42. The maximum Gasteiger partial charge on any atom is 0.0782 e. The Morgan fingerprint density at radius 2 is 1.17 bits per heavy atom. The zero-order valence-corrected chi connectivity index (χ0v) is 25.4. The van der Waals surface area contributed by atoms with Gasteiger partial charge in [0, 0.05) is 28.1 Å². The number of fused-ring (bicyclic) bond motifs is 1. The van der Waals surface area contributed by atoms with Gasteiger partial charge in [-0.25, -0.2) is 0 Å². The summed E-state index contributed by atoms with van der Waals surface area (Å²) in [6.45, 7) is 0. The van der Waals surface area contributed by atoms with Gasteiger partial charge in [0.25, 0.3) is 0 Å². The van der Waals surface area contributed by atoms with Gasteiger partial charge in [-0.1, -0.05) is 121 Å². The van der Waals surface area contributed by atoms with Crippen LogP contribution in [0.5, 0.6) is 0 Å². The maximum atomic E-state index is 2.48. The first-order valence-corrected chi connectivity index (χ1v) is 16.0. The topological polar surface area (TPSA) is 6.48 Å². The maximum absolute atomic E-state index is 2.48. The van der Waals surface area contributed by atoms with E-state index >= 15 is 0 Å². The molecule has 0 saturated heterocycles. The Labute approximate surface area is 269 Å². The van der Waals surface area contributed by atoms with E-state index in [1.165, 1.54) is 60.9 Å². The molecule has 9 rings (SSSR count). The highest BCUT2D eigenvalue weighted by atomic mass is 15.2. The normalized spacial score (nSPS) is 14.7. The third-order valence-electron chi connectivity index (χ3n) is 9.48. The van der Waals surface area contributed by atoms with E-state index < -0.39 is 0 Å². The van der Waals surface area contributed by atoms with Gasteiger partial charge in [0.05, 0.1) is 11.7 Å². The fourth-order valence-electron chi connectivity index (χ4n) is 7.42. The van der Waals surface area contributed by atoms with Crippen molar-refractivity contribution in [2.24, 2.45) is 0 Å². The molecule has 2 aliphatic carbocycles. The lowest BCUT2D eigenvalue weighted by Crippen LogP contribution is -2.33. The van der Waals surface area contributed by atoms with Gasteiger partial charge in [0.15, 0.2) is 0 Å². The Hall–Kier alpha value is -5.86. The first kappa shape index (κ1) is 26.5. The van der Waals surface area contributed by atoms with Crippen LogP contribution >= 0.6 is 0 Å². The minimum absolute atomic E-state index is 0.0745. The molecule has 0 fully saturated rings. The van der Waals surface area contributed by atoms with Crippen molar-refractivity contribution in [3.63, 3.8) is 0 Å². The molecule has 7 aromatic rings. The van der Waals surface area contributed by atoms with Crippen LogP contribution in [0.15, 0.2) is 170 Å². The second-order valence-electron chi connectivity index (χ2n) is 12.1. The van der Waals surface area contributed by atoms with Gasteiger partial charge in [-0.05, 0) is 99.4 Å². The number of benzene rings is 7. The number of para-hydroxylation sites is 3. The second-order valence-corrected chi connectivity index (χ2v) is 12.1. The molecule has 2 aliphatic rings. The molecule has 2 nitrogen and oxygen atoms in total. The number of hydrogen-bond donors (Lipinski definition) is 0. The highest BCUT2D eigenvalue weighted by molar-refractivity contribution is 6.10. The Kier molecular flexibility index (Phi) is 6.31. The molecule has 0 heterocycles. The lowest BCUT2D eigenvalue weighted by Gasteiger charge is -2.38. The molecule has 0 radical (unpaired) electrons. The molecule has 1 unspecified atom stereocenters. The van der Waals surface area contributed by atoms with Crippen LogP contribution in [0.1, 0.15) is 16.7 Å². The van der Waals surface area contributed by atoms with Gasteiger partial charge in [-0.15, -0.1) is 0 Å². The van der Waals surface area contributed by atoms with Crippen molar-refractivity contribution < 1.29 is 0 Å². The zero-order valence-electron chi connectivity index (χ0n) is 25.4. The van der Waals surface area contributed by atoms with Crippen LogP contribution in [-0.2, 0) is 6.42 Å². The zero-order chi connectivity index (χ0) is 30.5. The summed E-state index contributed by atoms with van der Waals surface area (Å²) in [7, 11) is 0. The van der Waals surface area contributed by atoms with Crippen LogP contribution in [0.2, 0.25) is 0 Å². The minimum atomic E-state index is 0.0745. The highest BCUT2D eigenvalue weighted by Crippen LogP contribution is 2.48. The largest absolute Gasteiger partial charge is 0.330 e. The lowest BCUT2D eigenvalue weighted by molar-refractivity contribution is 0.950. The van der Waals surface area contributed by atoms with Crippen molar-refractivity contribution in [1.29, 1.82) is 0 Å². The van der Waals surface area contributed by atoms with E-state index in [1.807, 2.05) is 0 Å². The van der Waals surface area contributed by atoms with Gasteiger partial charge in [-0.3, -0.25) is 0 Å². The minimum Gasteiger partial charge on any atom is -0.330 e. The van der Waals surface area contributed by atoms with E-state index in [-0.39, 0.29) is 6.04 Å². The third-order valence-corrected chi connectivity index (χ3v) is 9.48. The summed E-state index contributed by atoms with van der Waals surface area (Å²) in [6, 6.07) is 57.1. The summed E-state index contributed by atoms with van der Waals surface area (Å²) in [4.78, 5) is 4.90. The molecule has 0 bridgehead atoms. The molecule has 2 heteroatoms. The quantitative estimate of drug-likeness (QED) is 0.191. The van der Waals surface area contributed by atoms with E-state index in [4.69, 9.17) is 0 Å². The van der Waals surface area contributed by atoms with Crippen molar-refractivity contribution in [1.82, 2.24) is 0 Å². The van der Waals surface area contributed by atoms with Gasteiger partial charge in [0.2, 0.25) is 0 Å². The smallest absolute Gasteiger partial charge is 0.0782 e. The predicted molar refractivity (Wildman–Crippen MR) is 196 cm³/mol. The summed E-state index contributed by atoms with van der Waals surface area (Å²) in [6.07, 6.45) is 8.08. The van der Waals surface area contributed by atoms with E-state index in [9.17, 15) is 0 Å². The molecule has 0 spiro atoms. The molecule has 0 aromatic heterocycles. The summed E-state index contributed by atoms with van der Waals surface area (Å²) >= 11 is 0. The van der Waals surface area contributed by atoms with Gasteiger partial charge < -0.3 is 9.80 Å². The summed E-state index contributed by atoms with van der Waals surface area (Å²) in [5.41, 5.74) is 11.3. The Bertz CT molecular complexity index is 2250. The SMILES string of the molecule is C1=CC(N(c2ccccc2)c2ccccc2)C2=CCc3ccc(N(c4ccccc4)c4ccc5ccccc5c4)c4ccc1c2c34. The first-order valence-electron chi connectivity index (χ1n) is 16.0. The standard InChI is InChI=1S/C44H32N2/c1-4-14-35(15-5-1)45(36-16-6-2-7-17-36)41-28-23-32-22-27-40-42(29-24-33-21-26-39(41)43(32)44(33)40)46(37-18-8-3-9-19-37)38-25-20-31-12-10-11-13-34(31)30-38/h1-20,22-30,41H,21H2. The predicted octanol–water partition coefficient (Wildman–Crippen LogP) is 11.6. The van der Waals surface area contributed by atoms with E-state index in [0.29, 0.717) is 0 Å². The fraction of sp³-hybridized carbons (Fsp3) is 0.0455. The van der Waals surface area contributed by atoms with Crippen molar-refractivity contribution >= 4 is 61.6 Å². The van der Waals surface area contributed by atoms with E-state index in [2.05, 4.69) is 186 Å². The summed E-state index contributed by atoms with van der Waals surface area (Å²) in [5.74, 6) is 0. The van der Waals surface area contributed by atoms with Crippen LogP contribution in [0.25, 0.3) is 33.2 Å². The van der Waals surface area contributed by atoms with E-state index in [0.717, 1.165) is 17.8 Å². The summed E-state index contributed by atoms with van der Waals surface area (Å²) < 4.78 is 0. The van der Waals surface area contributed by atoms with Crippen molar-refractivity contribution in [3.05, 3.63) is 187 Å². The first-order chi connectivity index (χ1) is 22.8. The number of nitrogens with zero attached hydrogens (tertiary/aromatic N) is 2. The van der Waals surface area contributed by atoms with Crippen LogP contribution in [0, 0.1) is 0 Å². The molecule has 0 amide bonds. The molecule has 0 aliphatic heterocycles. The average molecular weight is 589 g/mol. The van der Waals surface area contributed by atoms with Crippen LogP contribution in [0.3, 0.4) is 0 Å². The Morgan fingerprint density at radius 3 is 1.89 bits per heavy atom. The molecule has 0 saturated carbocycles.